The fourth-order valence-corrected chi connectivity index (χ4v) is 2.24. The number of carbonyl (C=O) groups excluding carboxylic acids is 1. The largest absolute Gasteiger partial charge is 0.456 e. The van der Waals surface area contributed by atoms with Crippen molar-refractivity contribution in [2.75, 3.05) is 20.0 Å². The second-order valence-corrected chi connectivity index (χ2v) is 4.73. The molecule has 0 spiro atoms. The Balaban J connectivity index is 2.54. The van der Waals surface area contributed by atoms with Gasteiger partial charge in [0.05, 0.1) is 13.2 Å². The van der Waals surface area contributed by atoms with Crippen molar-refractivity contribution in [1.29, 1.82) is 0 Å². The third kappa shape index (κ3) is 5.24. The lowest BCUT2D eigenvalue weighted by Gasteiger charge is -2.17. The number of benzene rings is 1. The van der Waals surface area contributed by atoms with Gasteiger partial charge in [0.15, 0.2) is 8.30 Å². The molecule has 0 bridgehead atoms. The molecule has 1 aromatic carbocycles. The van der Waals surface area contributed by atoms with E-state index in [0.29, 0.717) is 12.1 Å². The fraction of sp³-hybridized carbons (Fsp3) is 0.364. The van der Waals surface area contributed by atoms with Gasteiger partial charge >= 0.3 is 0 Å². The summed E-state index contributed by atoms with van der Waals surface area (Å²) in [5, 5.41) is 11.9. The van der Waals surface area contributed by atoms with E-state index < -0.39 is 8.30 Å². The molecule has 0 radical (unpaired) electrons. The highest BCUT2D eigenvalue weighted by atomic mass is 31.2. The van der Waals surface area contributed by atoms with E-state index in [1.54, 1.807) is 31.4 Å². The summed E-state index contributed by atoms with van der Waals surface area (Å²) in [6, 6.07) is 7.13. The van der Waals surface area contributed by atoms with Crippen LogP contribution < -0.4 is 9.61 Å². The first-order valence-corrected chi connectivity index (χ1v) is 6.56. The van der Waals surface area contributed by atoms with E-state index in [1.807, 2.05) is 0 Å². The summed E-state index contributed by atoms with van der Waals surface area (Å²) in [6.45, 7) is 0.250. The average Bonchev–Trinajstić information content (AvgIpc) is 2.37. The SMILES string of the molecule is COCP(NCC=O)Oc1ccc(CO)cc1. The van der Waals surface area contributed by atoms with Crippen molar-refractivity contribution in [3.8, 4) is 5.75 Å². The Kier molecular flexibility index (Phi) is 6.74. The van der Waals surface area contributed by atoms with E-state index in [0.717, 1.165) is 11.8 Å². The second kappa shape index (κ2) is 8.14. The van der Waals surface area contributed by atoms with E-state index in [-0.39, 0.29) is 13.2 Å². The fourth-order valence-electron chi connectivity index (χ4n) is 1.14. The summed E-state index contributed by atoms with van der Waals surface area (Å²) in [6.07, 6.45) is 1.19. The molecule has 0 saturated heterocycles. The molecule has 0 amide bonds. The van der Waals surface area contributed by atoms with Gasteiger partial charge < -0.3 is 19.2 Å². The Morgan fingerprint density at radius 2 is 2.12 bits per heavy atom. The average molecular weight is 257 g/mol. The Morgan fingerprint density at radius 3 is 2.65 bits per heavy atom. The van der Waals surface area contributed by atoms with E-state index in [4.69, 9.17) is 14.4 Å². The maximum atomic E-state index is 10.3. The van der Waals surface area contributed by atoms with Crippen LogP contribution in [0, 0.1) is 0 Å². The van der Waals surface area contributed by atoms with Crippen molar-refractivity contribution in [3.63, 3.8) is 0 Å². The molecule has 1 rings (SSSR count). The zero-order valence-electron chi connectivity index (χ0n) is 9.63. The lowest BCUT2D eigenvalue weighted by molar-refractivity contribution is -0.106. The van der Waals surface area contributed by atoms with Crippen LogP contribution in [0.1, 0.15) is 5.56 Å². The lowest BCUT2D eigenvalue weighted by atomic mass is 10.2. The summed E-state index contributed by atoms with van der Waals surface area (Å²) in [5.74, 6) is 0.684. The first-order chi connectivity index (χ1) is 8.30. The van der Waals surface area contributed by atoms with Crippen LogP contribution >= 0.6 is 8.30 Å². The van der Waals surface area contributed by atoms with E-state index in [9.17, 15) is 4.79 Å². The molecular weight excluding hydrogens is 241 g/mol. The van der Waals surface area contributed by atoms with Crippen LogP contribution in [0.4, 0.5) is 0 Å². The number of aldehydes is 1. The quantitative estimate of drug-likeness (QED) is 0.542. The molecule has 5 nitrogen and oxygen atoms in total. The summed E-state index contributed by atoms with van der Waals surface area (Å²) >= 11 is 0. The smallest absolute Gasteiger partial charge is 0.188 e. The van der Waals surface area contributed by atoms with Crippen LogP contribution in [-0.4, -0.2) is 31.4 Å². The predicted octanol–water partition coefficient (Wildman–Crippen LogP) is 1.26. The number of methoxy groups -OCH3 is 1. The van der Waals surface area contributed by atoms with Crippen LogP contribution in [0.5, 0.6) is 5.75 Å². The van der Waals surface area contributed by atoms with Gasteiger partial charge in [-0.15, -0.1) is 0 Å². The Labute approximate surface area is 102 Å². The molecule has 94 valence electrons. The van der Waals surface area contributed by atoms with Gasteiger partial charge in [-0.2, -0.15) is 0 Å². The zero-order valence-corrected chi connectivity index (χ0v) is 10.5. The van der Waals surface area contributed by atoms with Crippen LogP contribution in [0.2, 0.25) is 0 Å². The standard InChI is InChI=1S/C11H16NO4P/c1-15-9-17(12-6-7-13)16-11-4-2-10(8-14)3-5-11/h2-5,7,12,14H,6,8-9H2,1H3. The first-order valence-electron chi connectivity index (χ1n) is 5.11. The Bertz CT molecular complexity index is 331. The molecule has 0 fully saturated rings. The highest BCUT2D eigenvalue weighted by molar-refractivity contribution is 7.50. The molecule has 0 aliphatic carbocycles. The van der Waals surface area contributed by atoms with Crippen molar-refractivity contribution < 1.29 is 19.2 Å². The Hall–Kier alpha value is -1.00. The molecule has 0 saturated carbocycles. The van der Waals surface area contributed by atoms with Crippen LogP contribution in [-0.2, 0) is 16.1 Å². The first kappa shape index (κ1) is 14.1. The minimum atomic E-state index is -1.02. The van der Waals surface area contributed by atoms with Crippen LogP contribution in [0.25, 0.3) is 0 Å². The zero-order chi connectivity index (χ0) is 12.5. The highest BCUT2D eigenvalue weighted by Crippen LogP contribution is 2.33. The summed E-state index contributed by atoms with van der Waals surface area (Å²) in [7, 11) is 0.557. The maximum absolute atomic E-state index is 10.3. The molecule has 17 heavy (non-hydrogen) atoms. The number of aliphatic hydroxyl groups is 1. The number of hydrogen-bond donors (Lipinski definition) is 2. The molecular formula is C11H16NO4P. The molecule has 0 aromatic heterocycles. The number of rotatable bonds is 8. The number of ether oxygens (including phenoxy) is 1. The monoisotopic (exact) mass is 257 g/mol. The van der Waals surface area contributed by atoms with Crippen molar-refractivity contribution in [2.24, 2.45) is 0 Å². The number of carbonyl (C=O) groups is 1. The minimum absolute atomic E-state index is 0.0104. The molecule has 0 aliphatic rings. The van der Waals surface area contributed by atoms with Gasteiger partial charge in [0.2, 0.25) is 0 Å². The van der Waals surface area contributed by atoms with Gasteiger partial charge in [-0.3, -0.25) is 5.09 Å². The highest BCUT2D eigenvalue weighted by Gasteiger charge is 2.09. The van der Waals surface area contributed by atoms with E-state index in [1.165, 1.54) is 0 Å². The van der Waals surface area contributed by atoms with E-state index >= 15 is 0 Å². The van der Waals surface area contributed by atoms with Crippen molar-refractivity contribution in [1.82, 2.24) is 5.09 Å². The van der Waals surface area contributed by atoms with Crippen molar-refractivity contribution in [3.05, 3.63) is 29.8 Å². The predicted molar refractivity (Wildman–Crippen MR) is 65.9 cm³/mol. The third-order valence-corrected chi connectivity index (χ3v) is 3.38. The third-order valence-electron chi connectivity index (χ3n) is 1.92. The minimum Gasteiger partial charge on any atom is -0.456 e. The van der Waals surface area contributed by atoms with Crippen molar-refractivity contribution in [2.45, 2.75) is 6.61 Å². The summed E-state index contributed by atoms with van der Waals surface area (Å²) in [4.78, 5) is 10.3. The topological polar surface area (TPSA) is 67.8 Å². The van der Waals surface area contributed by atoms with Gasteiger partial charge in [0, 0.05) is 7.11 Å². The number of aliphatic hydroxyl groups excluding tert-OH is 1. The Morgan fingerprint density at radius 1 is 1.41 bits per heavy atom. The molecule has 2 N–H and O–H groups in total. The van der Waals surface area contributed by atoms with Gasteiger partial charge in [0.25, 0.3) is 0 Å². The van der Waals surface area contributed by atoms with E-state index in [2.05, 4.69) is 5.09 Å². The number of nitrogens with one attached hydrogen (secondary N) is 1. The molecule has 6 heteroatoms. The normalized spacial score (nSPS) is 12.1. The molecule has 1 unspecified atom stereocenters. The van der Waals surface area contributed by atoms with Gasteiger partial charge in [-0.1, -0.05) is 12.1 Å². The summed E-state index contributed by atoms with van der Waals surface area (Å²) in [5.41, 5.74) is 0.828. The summed E-state index contributed by atoms with van der Waals surface area (Å²) < 4.78 is 10.6. The molecule has 1 atom stereocenters. The van der Waals surface area contributed by atoms with Gasteiger partial charge in [-0.05, 0) is 17.7 Å². The van der Waals surface area contributed by atoms with Gasteiger partial charge in [0.1, 0.15) is 18.4 Å². The molecule has 0 heterocycles. The molecule has 0 aliphatic heterocycles. The van der Waals surface area contributed by atoms with Gasteiger partial charge in [-0.25, -0.2) is 0 Å². The second-order valence-electron chi connectivity index (χ2n) is 3.22. The van der Waals surface area contributed by atoms with Crippen LogP contribution in [0.15, 0.2) is 24.3 Å². The maximum Gasteiger partial charge on any atom is 0.188 e. The lowest BCUT2D eigenvalue weighted by Crippen LogP contribution is -2.15. The molecule has 1 aromatic rings. The van der Waals surface area contributed by atoms with Crippen LogP contribution in [0.3, 0.4) is 0 Å². The van der Waals surface area contributed by atoms with Crippen molar-refractivity contribution >= 4 is 14.6 Å². The number of hydrogen-bond acceptors (Lipinski definition) is 5.